The number of fused-ring (bicyclic) bond motifs is 1. The smallest absolute Gasteiger partial charge is 0.263 e. The summed E-state index contributed by atoms with van der Waals surface area (Å²) in [5.41, 5.74) is 1.81. The van der Waals surface area contributed by atoms with Crippen molar-refractivity contribution in [2.75, 3.05) is 6.54 Å². The zero-order valence-corrected chi connectivity index (χ0v) is 14.3. The van der Waals surface area contributed by atoms with Gasteiger partial charge in [-0.1, -0.05) is 32.9 Å². The van der Waals surface area contributed by atoms with Gasteiger partial charge in [-0.05, 0) is 25.1 Å². The van der Waals surface area contributed by atoms with E-state index in [2.05, 4.69) is 25.4 Å². The third kappa shape index (κ3) is 3.35. The van der Waals surface area contributed by atoms with Gasteiger partial charge in [-0.25, -0.2) is 4.39 Å². The van der Waals surface area contributed by atoms with E-state index in [0.717, 1.165) is 0 Å². The van der Waals surface area contributed by atoms with E-state index in [1.165, 1.54) is 17.4 Å². The summed E-state index contributed by atoms with van der Waals surface area (Å²) in [6, 6.07) is 6.23. The molecule has 1 aromatic carbocycles. The molecule has 0 unspecified atom stereocenters. The fourth-order valence-corrected chi connectivity index (χ4v) is 2.59. The normalized spacial score (nSPS) is 14.7. The Morgan fingerprint density at radius 3 is 2.67 bits per heavy atom. The van der Waals surface area contributed by atoms with E-state index in [1.807, 2.05) is 0 Å². The van der Waals surface area contributed by atoms with E-state index >= 15 is 0 Å². The predicted molar refractivity (Wildman–Crippen MR) is 94.9 cm³/mol. The number of benzene rings is 1. The Kier molecular flexibility index (Phi) is 5.44. The van der Waals surface area contributed by atoms with Crippen LogP contribution in [-0.4, -0.2) is 27.4 Å². The zero-order valence-electron chi connectivity index (χ0n) is 14.3. The van der Waals surface area contributed by atoms with Crippen molar-refractivity contribution in [1.82, 2.24) is 9.88 Å². The highest BCUT2D eigenvalue weighted by Crippen LogP contribution is 2.30. The lowest BCUT2D eigenvalue weighted by atomic mass is 10.0. The van der Waals surface area contributed by atoms with Crippen molar-refractivity contribution in [2.24, 2.45) is 0 Å². The summed E-state index contributed by atoms with van der Waals surface area (Å²) in [6.07, 6.45) is 1.60. The number of aliphatic hydroxyl groups is 1. The van der Waals surface area contributed by atoms with Crippen molar-refractivity contribution in [3.8, 4) is 0 Å². The predicted octanol–water partition coefficient (Wildman–Crippen LogP) is 4.76. The Morgan fingerprint density at radius 1 is 1.42 bits per heavy atom. The molecule has 24 heavy (non-hydrogen) atoms. The molecule has 0 saturated heterocycles. The summed E-state index contributed by atoms with van der Waals surface area (Å²) < 4.78 is 13.8. The summed E-state index contributed by atoms with van der Waals surface area (Å²) in [6.45, 7) is 10.2. The molecule has 2 aromatic rings. The Labute approximate surface area is 141 Å². The Bertz CT molecular complexity index is 805. The second-order valence-corrected chi connectivity index (χ2v) is 5.85. The number of halogens is 1. The molecule has 2 heterocycles. The summed E-state index contributed by atoms with van der Waals surface area (Å²) in [5.74, 6) is -0.669. The lowest BCUT2D eigenvalue weighted by Gasteiger charge is -2.28. The molecule has 3 rings (SSSR count). The molecular formula is C19H23FN2O2. The molecule has 0 saturated carbocycles. The first kappa shape index (κ1) is 17.8. The second kappa shape index (κ2) is 7.34. The SMILES string of the molecule is C=C(C)N1CCC(O)=C(c2cc3c(F)cccc3[nH]2)C1=O.CCC. The number of aromatic amines is 1. The van der Waals surface area contributed by atoms with Crippen LogP contribution in [0, 0.1) is 5.82 Å². The molecule has 1 amide bonds. The minimum atomic E-state index is -0.366. The minimum Gasteiger partial charge on any atom is -0.511 e. The molecule has 4 nitrogen and oxygen atoms in total. The van der Waals surface area contributed by atoms with Gasteiger partial charge in [-0.3, -0.25) is 4.79 Å². The molecule has 5 heteroatoms. The van der Waals surface area contributed by atoms with Crippen molar-refractivity contribution in [3.63, 3.8) is 0 Å². The van der Waals surface area contributed by atoms with Gasteiger partial charge in [0.2, 0.25) is 0 Å². The summed E-state index contributed by atoms with van der Waals surface area (Å²) in [4.78, 5) is 17.0. The number of aromatic nitrogens is 1. The van der Waals surface area contributed by atoms with E-state index < -0.39 is 0 Å². The van der Waals surface area contributed by atoms with Crippen LogP contribution in [0.15, 0.2) is 42.3 Å². The number of allylic oxidation sites excluding steroid dienone is 1. The third-order valence-corrected chi connectivity index (χ3v) is 3.66. The fourth-order valence-electron chi connectivity index (χ4n) is 2.59. The molecule has 0 radical (unpaired) electrons. The van der Waals surface area contributed by atoms with Crippen LogP contribution >= 0.6 is 0 Å². The Hall–Kier alpha value is -2.56. The number of hydrogen-bond donors (Lipinski definition) is 2. The van der Waals surface area contributed by atoms with Crippen LogP contribution < -0.4 is 0 Å². The van der Waals surface area contributed by atoms with Gasteiger partial charge >= 0.3 is 0 Å². The topological polar surface area (TPSA) is 56.3 Å². The molecular weight excluding hydrogens is 307 g/mol. The number of nitrogens with zero attached hydrogens (tertiary/aromatic N) is 1. The van der Waals surface area contributed by atoms with Gasteiger partial charge < -0.3 is 15.0 Å². The summed E-state index contributed by atoms with van der Waals surface area (Å²) in [5, 5.41) is 10.5. The van der Waals surface area contributed by atoms with Gasteiger partial charge in [0, 0.05) is 29.6 Å². The standard InChI is InChI=1S/C16H15FN2O2.C3H8/c1-9(2)19-7-6-14(20)15(16(19)21)13-8-10-11(17)4-3-5-12(10)18-13;1-3-2/h3-5,8,18,20H,1,6-7H2,2H3;3H2,1-2H3. The first-order valence-corrected chi connectivity index (χ1v) is 8.07. The number of rotatable bonds is 2. The largest absolute Gasteiger partial charge is 0.511 e. The first-order chi connectivity index (χ1) is 11.4. The lowest BCUT2D eigenvalue weighted by Crippen LogP contribution is -2.35. The van der Waals surface area contributed by atoms with Crippen LogP contribution in [0.2, 0.25) is 0 Å². The van der Waals surface area contributed by atoms with Gasteiger partial charge in [-0.15, -0.1) is 0 Å². The summed E-state index contributed by atoms with van der Waals surface area (Å²) >= 11 is 0. The number of nitrogens with one attached hydrogen (secondary N) is 1. The van der Waals surface area contributed by atoms with E-state index in [1.54, 1.807) is 25.1 Å². The highest BCUT2D eigenvalue weighted by Gasteiger charge is 2.29. The average molecular weight is 330 g/mol. The van der Waals surface area contributed by atoms with Gasteiger partial charge in [0.05, 0.1) is 5.69 Å². The summed E-state index contributed by atoms with van der Waals surface area (Å²) in [7, 11) is 0. The molecule has 1 aliphatic heterocycles. The maximum absolute atomic E-state index is 13.8. The first-order valence-electron chi connectivity index (χ1n) is 8.07. The number of carbonyl (C=O) groups excluding carboxylic acids is 1. The zero-order chi connectivity index (χ0) is 17.9. The van der Waals surface area contributed by atoms with Gasteiger partial charge in [0.15, 0.2) is 0 Å². The van der Waals surface area contributed by atoms with Crippen molar-refractivity contribution >= 4 is 22.4 Å². The maximum Gasteiger partial charge on any atom is 0.263 e. The van der Waals surface area contributed by atoms with Crippen molar-refractivity contribution in [1.29, 1.82) is 0 Å². The van der Waals surface area contributed by atoms with Crippen LogP contribution in [0.5, 0.6) is 0 Å². The highest BCUT2D eigenvalue weighted by molar-refractivity contribution is 6.21. The Balaban J connectivity index is 0.000000647. The molecule has 128 valence electrons. The van der Waals surface area contributed by atoms with E-state index in [4.69, 9.17) is 0 Å². The minimum absolute atomic E-state index is 0.0180. The number of H-pyrrole nitrogens is 1. The van der Waals surface area contributed by atoms with Crippen molar-refractivity contribution in [3.05, 3.63) is 53.8 Å². The monoisotopic (exact) mass is 330 g/mol. The van der Waals surface area contributed by atoms with Crippen LogP contribution in [0.4, 0.5) is 4.39 Å². The molecule has 0 atom stereocenters. The third-order valence-electron chi connectivity index (χ3n) is 3.66. The molecule has 0 spiro atoms. The molecule has 0 bridgehead atoms. The fraction of sp³-hybridized carbons (Fsp3) is 0.316. The van der Waals surface area contributed by atoms with Crippen LogP contribution in [-0.2, 0) is 4.79 Å². The van der Waals surface area contributed by atoms with Gasteiger partial charge in [0.1, 0.15) is 17.1 Å². The number of carbonyl (C=O) groups is 1. The highest BCUT2D eigenvalue weighted by atomic mass is 19.1. The second-order valence-electron chi connectivity index (χ2n) is 5.85. The van der Waals surface area contributed by atoms with Crippen LogP contribution in [0.3, 0.4) is 0 Å². The molecule has 0 fully saturated rings. The number of amides is 1. The quantitative estimate of drug-likeness (QED) is 0.834. The van der Waals surface area contributed by atoms with E-state index in [-0.39, 0.29) is 23.1 Å². The Morgan fingerprint density at radius 2 is 2.08 bits per heavy atom. The lowest BCUT2D eigenvalue weighted by molar-refractivity contribution is -0.124. The van der Waals surface area contributed by atoms with Crippen molar-refractivity contribution in [2.45, 2.75) is 33.6 Å². The molecule has 0 aliphatic carbocycles. The van der Waals surface area contributed by atoms with Crippen LogP contribution in [0.1, 0.15) is 39.3 Å². The van der Waals surface area contributed by atoms with E-state index in [9.17, 15) is 14.3 Å². The number of hydrogen-bond acceptors (Lipinski definition) is 2. The molecule has 1 aromatic heterocycles. The van der Waals surface area contributed by atoms with Gasteiger partial charge in [0.25, 0.3) is 5.91 Å². The van der Waals surface area contributed by atoms with E-state index in [0.29, 0.717) is 35.3 Å². The van der Waals surface area contributed by atoms with Crippen LogP contribution in [0.25, 0.3) is 16.5 Å². The van der Waals surface area contributed by atoms with Crippen molar-refractivity contribution < 1.29 is 14.3 Å². The molecule has 2 N–H and O–H groups in total. The maximum atomic E-state index is 13.8. The van der Waals surface area contributed by atoms with Gasteiger partial charge in [-0.2, -0.15) is 0 Å². The molecule has 1 aliphatic rings. The average Bonchev–Trinajstić information content (AvgIpc) is 2.93. The number of aliphatic hydroxyl groups excluding tert-OH is 1.